The number of hydrogen-bond acceptors (Lipinski definition) is 5. The number of hydrazone groups is 1. The molecule has 0 saturated heterocycles. The van der Waals surface area contributed by atoms with Crippen LogP contribution in [0.1, 0.15) is 56.7 Å². The Morgan fingerprint density at radius 2 is 2.03 bits per heavy atom. The van der Waals surface area contributed by atoms with Crippen LogP contribution in [-0.2, 0) is 11.2 Å². The molecule has 0 aromatic heterocycles. The van der Waals surface area contributed by atoms with Crippen molar-refractivity contribution >= 4 is 17.8 Å². The zero-order chi connectivity index (χ0) is 22.6. The first-order valence-electron chi connectivity index (χ1n) is 10.7. The van der Waals surface area contributed by atoms with Crippen LogP contribution in [0.15, 0.2) is 41.5 Å². The van der Waals surface area contributed by atoms with Crippen molar-refractivity contribution in [1.82, 2.24) is 5.43 Å². The van der Waals surface area contributed by atoms with E-state index in [-0.39, 0.29) is 17.9 Å². The summed E-state index contributed by atoms with van der Waals surface area (Å²) in [5.74, 6) is 1.71. The highest BCUT2D eigenvalue weighted by molar-refractivity contribution is 5.87. The van der Waals surface area contributed by atoms with Gasteiger partial charge in [-0.3, -0.25) is 4.79 Å². The summed E-state index contributed by atoms with van der Waals surface area (Å²) in [6, 6.07) is 11.7. The van der Waals surface area contributed by atoms with Gasteiger partial charge in [-0.25, -0.2) is 5.43 Å². The van der Waals surface area contributed by atoms with Crippen LogP contribution in [-0.4, -0.2) is 38.4 Å². The number of carbonyl (C=O) groups excluding carboxylic acids is 1. The Bertz CT molecular complexity index is 968. The third-order valence-corrected chi connectivity index (χ3v) is 5.95. The first-order valence-corrected chi connectivity index (χ1v) is 10.7. The highest BCUT2D eigenvalue weighted by Crippen LogP contribution is 2.45. The number of benzene rings is 2. The summed E-state index contributed by atoms with van der Waals surface area (Å²) >= 11 is 0. The van der Waals surface area contributed by atoms with E-state index in [0.29, 0.717) is 5.92 Å². The minimum absolute atomic E-state index is 0.0931. The molecule has 0 radical (unpaired) electrons. The quantitative estimate of drug-likeness (QED) is 0.526. The SMILES string of the molecule is CCN1c2cc(OC)c(/C=N/NC(=O)Cc3cccc(OC)c3)cc2C(C)CC1(C)C. The lowest BCUT2D eigenvalue weighted by Crippen LogP contribution is -2.48. The fourth-order valence-electron chi connectivity index (χ4n) is 4.58. The molecule has 1 heterocycles. The summed E-state index contributed by atoms with van der Waals surface area (Å²) in [6.45, 7) is 9.95. The van der Waals surface area contributed by atoms with E-state index in [1.165, 1.54) is 11.3 Å². The van der Waals surface area contributed by atoms with Crippen LogP contribution in [0.5, 0.6) is 11.5 Å². The first-order chi connectivity index (χ1) is 14.8. The molecular weight excluding hydrogens is 390 g/mol. The lowest BCUT2D eigenvalue weighted by atomic mass is 9.79. The minimum Gasteiger partial charge on any atom is -0.497 e. The predicted octanol–water partition coefficient (Wildman–Crippen LogP) is 4.51. The van der Waals surface area contributed by atoms with E-state index in [1.54, 1.807) is 20.4 Å². The van der Waals surface area contributed by atoms with Crippen molar-refractivity contribution in [3.63, 3.8) is 0 Å². The van der Waals surface area contributed by atoms with Gasteiger partial charge in [0.1, 0.15) is 11.5 Å². The molecule has 1 N–H and O–H groups in total. The van der Waals surface area contributed by atoms with E-state index in [1.807, 2.05) is 24.3 Å². The molecule has 6 heteroatoms. The van der Waals surface area contributed by atoms with E-state index < -0.39 is 0 Å². The number of nitrogens with zero attached hydrogens (tertiary/aromatic N) is 2. The largest absolute Gasteiger partial charge is 0.497 e. The van der Waals surface area contributed by atoms with E-state index in [0.717, 1.165) is 35.6 Å². The highest BCUT2D eigenvalue weighted by atomic mass is 16.5. The van der Waals surface area contributed by atoms with Crippen LogP contribution in [0.3, 0.4) is 0 Å². The van der Waals surface area contributed by atoms with Crippen LogP contribution in [0.25, 0.3) is 0 Å². The molecular formula is C25H33N3O3. The average Bonchev–Trinajstić information content (AvgIpc) is 2.73. The third-order valence-electron chi connectivity index (χ3n) is 5.95. The van der Waals surface area contributed by atoms with Gasteiger partial charge >= 0.3 is 0 Å². The zero-order valence-corrected chi connectivity index (χ0v) is 19.4. The predicted molar refractivity (Wildman–Crippen MR) is 126 cm³/mol. The number of amides is 1. The van der Waals surface area contributed by atoms with Crippen LogP contribution in [0.4, 0.5) is 5.69 Å². The number of ether oxygens (including phenoxy) is 2. The summed E-state index contributed by atoms with van der Waals surface area (Å²) in [4.78, 5) is 14.7. The maximum absolute atomic E-state index is 12.3. The van der Waals surface area contributed by atoms with Crippen molar-refractivity contribution in [3.8, 4) is 11.5 Å². The molecule has 6 nitrogen and oxygen atoms in total. The zero-order valence-electron chi connectivity index (χ0n) is 19.4. The Labute approximate surface area is 185 Å². The van der Waals surface area contributed by atoms with Gasteiger partial charge in [0.25, 0.3) is 0 Å². The van der Waals surface area contributed by atoms with Gasteiger partial charge in [-0.05, 0) is 62.4 Å². The van der Waals surface area contributed by atoms with E-state index in [4.69, 9.17) is 9.47 Å². The Hall–Kier alpha value is -3.02. The fraction of sp³-hybridized carbons (Fsp3) is 0.440. The van der Waals surface area contributed by atoms with Crippen LogP contribution < -0.4 is 19.8 Å². The van der Waals surface area contributed by atoms with Crippen molar-refractivity contribution in [1.29, 1.82) is 0 Å². The van der Waals surface area contributed by atoms with Gasteiger partial charge < -0.3 is 14.4 Å². The molecule has 31 heavy (non-hydrogen) atoms. The van der Waals surface area contributed by atoms with Gasteiger partial charge in [-0.1, -0.05) is 19.1 Å². The van der Waals surface area contributed by atoms with Gasteiger partial charge in [0.15, 0.2) is 0 Å². The average molecular weight is 424 g/mol. The first kappa shape index (κ1) is 22.7. The van der Waals surface area contributed by atoms with E-state index in [9.17, 15) is 4.79 Å². The second-order valence-electron chi connectivity index (χ2n) is 8.64. The van der Waals surface area contributed by atoms with Crippen molar-refractivity contribution in [2.45, 2.75) is 52.0 Å². The standard InChI is InChI=1S/C25H33N3O3/c1-7-28-22-14-23(31-6)19(13-21(22)17(2)15-25(28,3)4)16-26-27-24(29)12-18-9-8-10-20(11-18)30-5/h8-11,13-14,16-17H,7,12,15H2,1-6H3,(H,27,29)/b26-16+. The summed E-state index contributed by atoms with van der Waals surface area (Å²) in [6.07, 6.45) is 2.97. The van der Waals surface area contributed by atoms with E-state index >= 15 is 0 Å². The summed E-state index contributed by atoms with van der Waals surface area (Å²) in [5.41, 5.74) is 6.93. The number of carbonyl (C=O) groups is 1. The number of nitrogens with one attached hydrogen (secondary N) is 1. The second-order valence-corrected chi connectivity index (χ2v) is 8.64. The van der Waals surface area contributed by atoms with Crippen LogP contribution in [0.2, 0.25) is 0 Å². The maximum Gasteiger partial charge on any atom is 0.244 e. The van der Waals surface area contributed by atoms with Crippen molar-refractivity contribution < 1.29 is 14.3 Å². The van der Waals surface area contributed by atoms with E-state index in [2.05, 4.69) is 55.3 Å². The molecule has 3 rings (SSSR count). The maximum atomic E-state index is 12.3. The van der Waals surface area contributed by atoms with Gasteiger partial charge in [0.05, 0.1) is 26.9 Å². The number of fused-ring (bicyclic) bond motifs is 1. The Balaban J connectivity index is 1.77. The fourth-order valence-corrected chi connectivity index (χ4v) is 4.58. The molecule has 0 fully saturated rings. The Morgan fingerprint density at radius 3 is 2.71 bits per heavy atom. The minimum atomic E-state index is -0.186. The van der Waals surface area contributed by atoms with Crippen LogP contribution >= 0.6 is 0 Å². The number of rotatable bonds is 7. The van der Waals surface area contributed by atoms with Gasteiger partial charge in [-0.15, -0.1) is 0 Å². The molecule has 0 bridgehead atoms. The Morgan fingerprint density at radius 1 is 1.26 bits per heavy atom. The lowest BCUT2D eigenvalue weighted by Gasteiger charge is -2.47. The monoisotopic (exact) mass is 423 g/mol. The molecule has 1 atom stereocenters. The molecule has 1 unspecified atom stereocenters. The molecule has 1 aliphatic rings. The van der Waals surface area contributed by atoms with Gasteiger partial charge in [0, 0.05) is 29.4 Å². The Kier molecular flexibility index (Phi) is 6.88. The molecule has 2 aromatic rings. The molecule has 1 amide bonds. The number of methoxy groups -OCH3 is 2. The smallest absolute Gasteiger partial charge is 0.244 e. The lowest BCUT2D eigenvalue weighted by molar-refractivity contribution is -0.120. The van der Waals surface area contributed by atoms with Crippen molar-refractivity contribution in [2.24, 2.45) is 5.10 Å². The molecule has 166 valence electrons. The normalized spacial score (nSPS) is 17.4. The second kappa shape index (κ2) is 9.41. The van der Waals surface area contributed by atoms with Crippen LogP contribution in [0, 0.1) is 0 Å². The topological polar surface area (TPSA) is 63.2 Å². The van der Waals surface area contributed by atoms with Gasteiger partial charge in [-0.2, -0.15) is 5.10 Å². The van der Waals surface area contributed by atoms with Crippen molar-refractivity contribution in [2.75, 3.05) is 25.7 Å². The molecule has 0 saturated carbocycles. The molecule has 0 spiro atoms. The summed E-state index contributed by atoms with van der Waals surface area (Å²) in [7, 11) is 3.27. The summed E-state index contributed by atoms with van der Waals surface area (Å²) < 4.78 is 10.8. The molecule has 0 aliphatic carbocycles. The molecule has 2 aromatic carbocycles. The highest BCUT2D eigenvalue weighted by Gasteiger charge is 2.36. The number of hydrogen-bond donors (Lipinski definition) is 1. The third kappa shape index (κ3) is 5.01. The number of anilines is 1. The van der Waals surface area contributed by atoms with Crippen molar-refractivity contribution in [3.05, 3.63) is 53.1 Å². The summed E-state index contributed by atoms with van der Waals surface area (Å²) in [5, 5.41) is 4.18. The van der Waals surface area contributed by atoms with Gasteiger partial charge in [0.2, 0.25) is 5.91 Å². The molecule has 1 aliphatic heterocycles.